The fourth-order valence-corrected chi connectivity index (χ4v) is 3.64. The van der Waals surface area contributed by atoms with Crippen molar-refractivity contribution in [1.82, 2.24) is 19.9 Å². The summed E-state index contributed by atoms with van der Waals surface area (Å²) in [5.74, 6) is 0.467. The summed E-state index contributed by atoms with van der Waals surface area (Å²) in [7, 11) is 0. The first-order valence-corrected chi connectivity index (χ1v) is 9.17. The largest absolute Gasteiger partial charge is 0.305 e. The SMILES string of the molecule is O=c1cc(C2CCCN(Cc3cccc(F)c3)C2)nc(-c2ccccn2)[nH]1. The number of benzene rings is 1. The number of nitrogens with zero attached hydrogens (tertiary/aromatic N) is 3. The molecule has 0 radical (unpaired) electrons. The van der Waals surface area contributed by atoms with E-state index < -0.39 is 0 Å². The Morgan fingerprint density at radius 1 is 1.19 bits per heavy atom. The molecule has 0 spiro atoms. The van der Waals surface area contributed by atoms with Gasteiger partial charge in [-0.25, -0.2) is 9.37 Å². The molecule has 0 aliphatic carbocycles. The fourth-order valence-electron chi connectivity index (χ4n) is 3.64. The highest BCUT2D eigenvalue weighted by Gasteiger charge is 2.23. The van der Waals surface area contributed by atoms with Crippen molar-refractivity contribution in [2.24, 2.45) is 0 Å². The molecule has 1 aliphatic heterocycles. The lowest BCUT2D eigenvalue weighted by Gasteiger charge is -2.32. The van der Waals surface area contributed by atoms with Crippen molar-refractivity contribution in [1.29, 1.82) is 0 Å². The Kier molecular flexibility index (Phi) is 5.07. The maximum Gasteiger partial charge on any atom is 0.251 e. The van der Waals surface area contributed by atoms with Crippen molar-refractivity contribution in [3.8, 4) is 11.5 Å². The van der Waals surface area contributed by atoms with Crippen molar-refractivity contribution >= 4 is 0 Å². The summed E-state index contributed by atoms with van der Waals surface area (Å²) >= 11 is 0. The predicted molar refractivity (Wildman–Crippen MR) is 102 cm³/mol. The molecule has 0 amide bonds. The molecule has 0 saturated carbocycles. The van der Waals surface area contributed by atoms with E-state index in [0.717, 1.165) is 37.2 Å². The summed E-state index contributed by atoms with van der Waals surface area (Å²) in [5.41, 5.74) is 2.25. The first-order chi connectivity index (χ1) is 13.2. The molecule has 138 valence electrons. The van der Waals surface area contributed by atoms with Gasteiger partial charge in [-0.15, -0.1) is 0 Å². The van der Waals surface area contributed by atoms with Crippen LogP contribution in [-0.4, -0.2) is 32.9 Å². The van der Waals surface area contributed by atoms with Gasteiger partial charge in [-0.2, -0.15) is 0 Å². The topological polar surface area (TPSA) is 61.9 Å². The van der Waals surface area contributed by atoms with Crippen LogP contribution in [0.15, 0.2) is 59.5 Å². The third-order valence-corrected chi connectivity index (χ3v) is 4.89. The van der Waals surface area contributed by atoms with Gasteiger partial charge < -0.3 is 4.98 Å². The Balaban J connectivity index is 1.54. The number of nitrogens with one attached hydrogen (secondary N) is 1. The maximum absolute atomic E-state index is 13.4. The monoisotopic (exact) mass is 364 g/mol. The molecule has 2 aromatic heterocycles. The zero-order valence-corrected chi connectivity index (χ0v) is 14.9. The van der Waals surface area contributed by atoms with E-state index in [2.05, 4.69) is 19.9 Å². The second-order valence-corrected chi connectivity index (χ2v) is 6.94. The number of hydrogen-bond acceptors (Lipinski definition) is 4. The van der Waals surface area contributed by atoms with Crippen molar-refractivity contribution < 1.29 is 4.39 Å². The van der Waals surface area contributed by atoms with Gasteiger partial charge in [-0.1, -0.05) is 18.2 Å². The van der Waals surface area contributed by atoms with Crippen molar-refractivity contribution in [2.75, 3.05) is 13.1 Å². The van der Waals surface area contributed by atoms with Gasteiger partial charge in [0.2, 0.25) is 0 Å². The highest BCUT2D eigenvalue weighted by molar-refractivity contribution is 5.48. The molecular weight excluding hydrogens is 343 g/mol. The molecule has 3 aromatic rings. The molecule has 27 heavy (non-hydrogen) atoms. The van der Waals surface area contributed by atoms with Gasteiger partial charge in [0, 0.05) is 31.3 Å². The van der Waals surface area contributed by atoms with Gasteiger partial charge in [0.25, 0.3) is 5.56 Å². The normalized spacial score (nSPS) is 17.7. The number of pyridine rings is 1. The zero-order valence-electron chi connectivity index (χ0n) is 14.9. The molecule has 4 rings (SSSR count). The fraction of sp³-hybridized carbons (Fsp3) is 0.286. The number of H-pyrrole nitrogens is 1. The van der Waals surface area contributed by atoms with E-state index in [4.69, 9.17) is 0 Å². The number of likely N-dealkylation sites (tertiary alicyclic amines) is 1. The molecule has 1 N–H and O–H groups in total. The van der Waals surface area contributed by atoms with Gasteiger partial charge in [-0.05, 0) is 49.2 Å². The van der Waals surface area contributed by atoms with E-state index in [9.17, 15) is 9.18 Å². The summed E-state index contributed by atoms with van der Waals surface area (Å²) in [5, 5.41) is 0. The van der Waals surface area contributed by atoms with Gasteiger partial charge in [-0.3, -0.25) is 14.7 Å². The Morgan fingerprint density at radius 3 is 2.93 bits per heavy atom. The average Bonchev–Trinajstić information content (AvgIpc) is 2.68. The first-order valence-electron chi connectivity index (χ1n) is 9.17. The molecule has 1 fully saturated rings. The number of halogens is 1. The van der Waals surface area contributed by atoms with Crippen LogP contribution in [0.4, 0.5) is 4.39 Å². The van der Waals surface area contributed by atoms with E-state index in [1.807, 2.05) is 24.3 Å². The van der Waals surface area contributed by atoms with E-state index >= 15 is 0 Å². The third kappa shape index (κ3) is 4.28. The van der Waals surface area contributed by atoms with Crippen LogP contribution in [0.5, 0.6) is 0 Å². The standard InChI is InChI=1S/C21H21FN4O/c22-17-7-3-5-15(11-17)13-26-10-4-6-16(14-26)19-12-20(27)25-21(24-19)18-8-1-2-9-23-18/h1-3,5,7-9,11-12,16H,4,6,10,13-14H2,(H,24,25,27). The lowest BCUT2D eigenvalue weighted by atomic mass is 9.94. The lowest BCUT2D eigenvalue weighted by molar-refractivity contribution is 0.198. The van der Waals surface area contributed by atoms with E-state index in [0.29, 0.717) is 18.1 Å². The van der Waals surface area contributed by atoms with Crippen LogP contribution in [-0.2, 0) is 6.54 Å². The molecule has 0 bridgehead atoms. The molecule has 1 unspecified atom stereocenters. The molecule has 5 nitrogen and oxygen atoms in total. The Labute approximate surface area is 156 Å². The smallest absolute Gasteiger partial charge is 0.251 e. The molecule has 1 aliphatic rings. The maximum atomic E-state index is 13.4. The number of aromatic amines is 1. The van der Waals surface area contributed by atoms with Crippen LogP contribution in [0.2, 0.25) is 0 Å². The van der Waals surface area contributed by atoms with Crippen LogP contribution in [0, 0.1) is 5.82 Å². The molecule has 3 heterocycles. The molecule has 1 saturated heterocycles. The minimum absolute atomic E-state index is 0.164. The summed E-state index contributed by atoms with van der Waals surface area (Å²) in [6, 6.07) is 13.8. The van der Waals surface area contributed by atoms with Gasteiger partial charge in [0.05, 0.1) is 5.69 Å². The van der Waals surface area contributed by atoms with Crippen LogP contribution >= 0.6 is 0 Å². The van der Waals surface area contributed by atoms with Crippen molar-refractivity contribution in [3.05, 3.63) is 82.2 Å². The Bertz CT molecular complexity index is 973. The minimum atomic E-state index is -0.211. The second kappa shape index (κ2) is 7.80. The summed E-state index contributed by atoms with van der Waals surface area (Å²) in [4.78, 5) is 26.2. The first kappa shape index (κ1) is 17.5. The van der Waals surface area contributed by atoms with Crippen LogP contribution in [0.3, 0.4) is 0 Å². The van der Waals surface area contributed by atoms with E-state index in [1.54, 1.807) is 24.4 Å². The van der Waals surface area contributed by atoms with E-state index in [1.165, 1.54) is 6.07 Å². The average molecular weight is 364 g/mol. The van der Waals surface area contributed by atoms with Crippen molar-refractivity contribution in [2.45, 2.75) is 25.3 Å². The summed E-state index contributed by atoms with van der Waals surface area (Å²) in [6.07, 6.45) is 3.69. The van der Waals surface area contributed by atoms with Crippen molar-refractivity contribution in [3.63, 3.8) is 0 Å². The highest BCUT2D eigenvalue weighted by atomic mass is 19.1. The summed E-state index contributed by atoms with van der Waals surface area (Å²) in [6.45, 7) is 2.46. The number of piperidine rings is 1. The van der Waals surface area contributed by atoms with Crippen LogP contribution in [0.1, 0.15) is 30.0 Å². The number of hydrogen-bond donors (Lipinski definition) is 1. The molecule has 1 aromatic carbocycles. The Hall–Kier alpha value is -2.86. The van der Waals surface area contributed by atoms with Gasteiger partial charge >= 0.3 is 0 Å². The predicted octanol–water partition coefficient (Wildman–Crippen LogP) is 3.35. The number of rotatable bonds is 4. The number of aromatic nitrogens is 3. The lowest BCUT2D eigenvalue weighted by Crippen LogP contribution is -2.34. The third-order valence-electron chi connectivity index (χ3n) is 4.89. The minimum Gasteiger partial charge on any atom is -0.305 e. The van der Waals surface area contributed by atoms with E-state index in [-0.39, 0.29) is 17.3 Å². The quantitative estimate of drug-likeness (QED) is 0.771. The summed E-state index contributed by atoms with van der Waals surface area (Å²) < 4.78 is 13.4. The van der Waals surface area contributed by atoms with Gasteiger partial charge in [0.15, 0.2) is 5.82 Å². The Morgan fingerprint density at radius 2 is 2.11 bits per heavy atom. The molecular formula is C21H21FN4O. The van der Waals surface area contributed by atoms with Gasteiger partial charge in [0.1, 0.15) is 11.5 Å². The molecule has 1 atom stereocenters. The second-order valence-electron chi connectivity index (χ2n) is 6.94. The molecule has 6 heteroatoms. The zero-order chi connectivity index (χ0) is 18.6. The highest BCUT2D eigenvalue weighted by Crippen LogP contribution is 2.27. The van der Waals surface area contributed by atoms with Crippen LogP contribution in [0.25, 0.3) is 11.5 Å². The van der Waals surface area contributed by atoms with Crippen LogP contribution < -0.4 is 5.56 Å².